The third-order valence-electron chi connectivity index (χ3n) is 5.87. The minimum atomic E-state index is -3.07. The van der Waals surface area contributed by atoms with Gasteiger partial charge in [0.25, 0.3) is 0 Å². The zero-order valence-corrected chi connectivity index (χ0v) is 20.9. The number of carbonyl (C=O) groups is 1. The first-order valence-electron chi connectivity index (χ1n) is 11.1. The minimum absolute atomic E-state index is 0.0716. The summed E-state index contributed by atoms with van der Waals surface area (Å²) in [5.74, 6) is 0.493. The van der Waals surface area contributed by atoms with E-state index in [0.717, 1.165) is 22.4 Å². The van der Waals surface area contributed by atoms with Gasteiger partial charge in [0, 0.05) is 18.2 Å². The fourth-order valence-electron chi connectivity index (χ4n) is 4.06. The van der Waals surface area contributed by atoms with Crippen LogP contribution in [0.5, 0.6) is 0 Å². The molecule has 0 radical (unpaired) electrons. The average Bonchev–Trinajstić information content (AvgIpc) is 3.37. The van der Waals surface area contributed by atoms with Gasteiger partial charge in [-0.2, -0.15) is 0 Å². The molecular formula is C25H28N4O3S2. The Balaban J connectivity index is 1.66. The second-order valence-corrected chi connectivity index (χ2v) is 11.9. The number of sulfone groups is 1. The number of amides is 1. The number of benzene rings is 2. The van der Waals surface area contributed by atoms with Crippen molar-refractivity contribution in [1.29, 1.82) is 0 Å². The lowest BCUT2D eigenvalue weighted by Gasteiger charge is -2.19. The SMILES string of the molecule is C=CCn1c(S[C@H](C(=O)Nc2cc(C)ccc2C)c2ccccc2)nnc1[C@H]1CCS(=O)(=O)C1. The zero-order chi connectivity index (χ0) is 24.3. The summed E-state index contributed by atoms with van der Waals surface area (Å²) in [5, 5.41) is 11.8. The first kappa shape index (κ1) is 24.2. The van der Waals surface area contributed by atoms with Gasteiger partial charge in [-0.15, -0.1) is 16.8 Å². The molecule has 3 aromatic rings. The maximum atomic E-state index is 13.5. The van der Waals surface area contributed by atoms with Gasteiger partial charge in [0.1, 0.15) is 11.1 Å². The lowest BCUT2D eigenvalue weighted by atomic mass is 10.1. The van der Waals surface area contributed by atoms with E-state index >= 15 is 0 Å². The molecule has 34 heavy (non-hydrogen) atoms. The normalized spacial score (nSPS) is 17.9. The van der Waals surface area contributed by atoms with Crippen LogP contribution in [0.2, 0.25) is 0 Å². The highest BCUT2D eigenvalue weighted by Crippen LogP contribution is 2.38. The number of aryl methyl sites for hydroxylation is 2. The van der Waals surface area contributed by atoms with Crippen LogP contribution in [-0.4, -0.2) is 40.6 Å². The standard InChI is InChI=1S/C25H28N4O3S2/c1-4-13-29-23(20-12-14-34(31,32)16-20)27-28-25(29)33-22(19-8-6-5-7-9-19)24(30)26-21-15-17(2)10-11-18(21)3/h4-11,15,20,22H,1,12-14,16H2,2-3H3,(H,26,30)/t20-,22-/m0/s1. The fraction of sp³-hybridized carbons (Fsp3) is 0.320. The molecule has 1 aliphatic rings. The van der Waals surface area contributed by atoms with Gasteiger partial charge in [0.2, 0.25) is 5.91 Å². The highest BCUT2D eigenvalue weighted by molar-refractivity contribution is 8.00. The van der Waals surface area contributed by atoms with Crippen LogP contribution in [0, 0.1) is 13.8 Å². The Labute approximate surface area is 204 Å². The molecule has 7 nitrogen and oxygen atoms in total. The highest BCUT2D eigenvalue weighted by atomic mass is 32.2. The van der Waals surface area contributed by atoms with Gasteiger partial charge < -0.3 is 9.88 Å². The van der Waals surface area contributed by atoms with Gasteiger partial charge in [0.15, 0.2) is 15.0 Å². The van der Waals surface area contributed by atoms with Gasteiger partial charge >= 0.3 is 0 Å². The third kappa shape index (κ3) is 5.42. The first-order valence-corrected chi connectivity index (χ1v) is 13.8. The Kier molecular flexibility index (Phi) is 7.23. The molecule has 1 N–H and O–H groups in total. The van der Waals surface area contributed by atoms with Crippen molar-refractivity contribution >= 4 is 33.2 Å². The van der Waals surface area contributed by atoms with E-state index < -0.39 is 15.1 Å². The fourth-order valence-corrected chi connectivity index (χ4v) is 6.86. The van der Waals surface area contributed by atoms with Crippen LogP contribution in [0.4, 0.5) is 5.69 Å². The summed E-state index contributed by atoms with van der Waals surface area (Å²) in [7, 11) is -3.07. The molecule has 178 valence electrons. The van der Waals surface area contributed by atoms with E-state index in [1.165, 1.54) is 11.8 Å². The van der Waals surface area contributed by atoms with Crippen molar-refractivity contribution in [2.45, 2.75) is 43.1 Å². The summed E-state index contributed by atoms with van der Waals surface area (Å²) in [5.41, 5.74) is 3.66. The molecule has 1 aromatic heterocycles. The summed E-state index contributed by atoms with van der Waals surface area (Å²) >= 11 is 1.31. The summed E-state index contributed by atoms with van der Waals surface area (Å²) < 4.78 is 25.9. The molecule has 0 unspecified atom stereocenters. The van der Waals surface area contributed by atoms with Crippen molar-refractivity contribution in [2.75, 3.05) is 16.8 Å². The van der Waals surface area contributed by atoms with E-state index in [1.54, 1.807) is 6.08 Å². The molecular weight excluding hydrogens is 468 g/mol. The Morgan fingerprint density at radius 2 is 2.00 bits per heavy atom. The van der Waals surface area contributed by atoms with E-state index in [4.69, 9.17) is 0 Å². The largest absolute Gasteiger partial charge is 0.325 e. The molecule has 1 aliphatic heterocycles. The van der Waals surface area contributed by atoms with Crippen LogP contribution < -0.4 is 5.32 Å². The molecule has 1 fully saturated rings. The topological polar surface area (TPSA) is 93.9 Å². The van der Waals surface area contributed by atoms with Crippen molar-refractivity contribution < 1.29 is 13.2 Å². The van der Waals surface area contributed by atoms with Crippen LogP contribution in [0.1, 0.15) is 40.1 Å². The van der Waals surface area contributed by atoms with Crippen LogP contribution in [-0.2, 0) is 21.2 Å². The zero-order valence-electron chi connectivity index (χ0n) is 19.3. The minimum Gasteiger partial charge on any atom is -0.325 e. The van der Waals surface area contributed by atoms with Gasteiger partial charge in [0.05, 0.1) is 11.5 Å². The van der Waals surface area contributed by atoms with E-state index in [2.05, 4.69) is 22.1 Å². The van der Waals surface area contributed by atoms with Crippen LogP contribution >= 0.6 is 11.8 Å². The van der Waals surface area contributed by atoms with Gasteiger partial charge in [-0.05, 0) is 43.0 Å². The molecule has 0 saturated carbocycles. The summed E-state index contributed by atoms with van der Waals surface area (Å²) in [6, 6.07) is 15.5. The smallest absolute Gasteiger partial charge is 0.242 e. The molecule has 0 bridgehead atoms. The molecule has 4 rings (SSSR count). The summed E-state index contributed by atoms with van der Waals surface area (Å²) in [6.45, 7) is 8.22. The number of anilines is 1. The molecule has 0 aliphatic carbocycles. The van der Waals surface area contributed by atoms with Gasteiger partial charge in [-0.25, -0.2) is 8.42 Å². The predicted molar refractivity (Wildman–Crippen MR) is 136 cm³/mol. The number of rotatable bonds is 8. The van der Waals surface area contributed by atoms with Crippen LogP contribution in [0.25, 0.3) is 0 Å². The molecule has 2 heterocycles. The van der Waals surface area contributed by atoms with E-state index in [-0.39, 0.29) is 23.3 Å². The Morgan fingerprint density at radius 1 is 1.24 bits per heavy atom. The number of thioether (sulfide) groups is 1. The van der Waals surface area contributed by atoms with Crippen molar-refractivity contribution in [3.05, 3.63) is 83.7 Å². The second kappa shape index (κ2) is 10.1. The number of allylic oxidation sites excluding steroid dienone is 1. The third-order valence-corrected chi connectivity index (χ3v) is 8.87. The van der Waals surface area contributed by atoms with Crippen LogP contribution in [0.15, 0.2) is 66.3 Å². The molecule has 1 saturated heterocycles. The van der Waals surface area contributed by atoms with Crippen molar-refractivity contribution in [3.63, 3.8) is 0 Å². The first-order chi connectivity index (χ1) is 16.3. The highest BCUT2D eigenvalue weighted by Gasteiger charge is 2.34. The lowest BCUT2D eigenvalue weighted by Crippen LogP contribution is -2.20. The second-order valence-electron chi connectivity index (χ2n) is 8.56. The van der Waals surface area contributed by atoms with Crippen LogP contribution in [0.3, 0.4) is 0 Å². The number of hydrogen-bond acceptors (Lipinski definition) is 6. The van der Waals surface area contributed by atoms with Crippen molar-refractivity contribution in [3.8, 4) is 0 Å². The van der Waals surface area contributed by atoms with E-state index in [0.29, 0.717) is 23.9 Å². The van der Waals surface area contributed by atoms with Gasteiger partial charge in [-0.1, -0.05) is 60.3 Å². The van der Waals surface area contributed by atoms with Gasteiger partial charge in [-0.3, -0.25) is 4.79 Å². The lowest BCUT2D eigenvalue weighted by molar-refractivity contribution is -0.115. The maximum absolute atomic E-state index is 13.5. The number of nitrogens with zero attached hydrogens (tertiary/aromatic N) is 3. The average molecular weight is 497 g/mol. The number of carbonyl (C=O) groups excluding carboxylic acids is 1. The predicted octanol–water partition coefficient (Wildman–Crippen LogP) is 4.46. The summed E-state index contributed by atoms with van der Waals surface area (Å²) in [4.78, 5) is 13.5. The number of aromatic nitrogens is 3. The number of nitrogens with one attached hydrogen (secondary N) is 1. The molecule has 9 heteroatoms. The maximum Gasteiger partial charge on any atom is 0.242 e. The molecule has 2 atom stereocenters. The van der Waals surface area contributed by atoms with Crippen molar-refractivity contribution in [2.24, 2.45) is 0 Å². The van der Waals surface area contributed by atoms with Crippen molar-refractivity contribution in [1.82, 2.24) is 14.8 Å². The Hall–Kier alpha value is -2.91. The number of hydrogen-bond donors (Lipinski definition) is 1. The molecule has 0 spiro atoms. The Bertz CT molecular complexity index is 1300. The quantitative estimate of drug-likeness (QED) is 0.366. The van der Waals surface area contributed by atoms with E-state index in [1.807, 2.05) is 66.9 Å². The molecule has 1 amide bonds. The van der Waals surface area contributed by atoms with E-state index in [9.17, 15) is 13.2 Å². The monoisotopic (exact) mass is 496 g/mol. The summed E-state index contributed by atoms with van der Waals surface area (Å²) in [6.07, 6.45) is 2.26. The molecule has 2 aromatic carbocycles. The Morgan fingerprint density at radius 3 is 2.68 bits per heavy atom.